The predicted octanol–water partition coefficient (Wildman–Crippen LogP) is 14.4. The Morgan fingerprint density at radius 1 is 0.451 bits per heavy atom. The van der Waals surface area contributed by atoms with Crippen molar-refractivity contribution in [3.63, 3.8) is 0 Å². The second kappa shape index (κ2) is 28.7. The Morgan fingerprint density at radius 3 is 1.10 bits per heavy atom. The van der Waals surface area contributed by atoms with Gasteiger partial charge in [0.25, 0.3) is 0 Å². The number of benzene rings is 2. The van der Waals surface area contributed by atoms with E-state index in [4.69, 9.17) is 0 Å². The SMILES string of the molecule is CCCCCCC#[C][Ni][C]#CCCCCCC.CCCCc1cc(CCCC)cc(C2=CC=C(c3cc(CCCC)cc(CCCC)c3)[N+]2=[N-])c1. The molecule has 0 amide bonds. The van der Waals surface area contributed by atoms with Gasteiger partial charge in [0.15, 0.2) is 0 Å². The molecule has 0 N–H and O–H groups in total. The van der Waals surface area contributed by atoms with Crippen molar-refractivity contribution in [2.45, 2.75) is 183 Å². The van der Waals surface area contributed by atoms with Gasteiger partial charge < -0.3 is 5.53 Å². The molecule has 2 aromatic carbocycles. The van der Waals surface area contributed by atoms with Crippen LogP contribution in [0.25, 0.3) is 16.9 Å². The molecule has 0 atom stereocenters. The number of nitrogens with zero attached hydrogens (tertiary/aromatic N) is 2. The fourth-order valence-corrected chi connectivity index (χ4v) is 6.71. The Labute approximate surface area is 321 Å². The summed E-state index contributed by atoms with van der Waals surface area (Å²) in [6.45, 7) is 13.5. The van der Waals surface area contributed by atoms with Crippen molar-refractivity contribution in [2.24, 2.45) is 0 Å². The van der Waals surface area contributed by atoms with Gasteiger partial charge in [-0.1, -0.05) is 65.5 Å². The normalized spacial score (nSPS) is 12.0. The van der Waals surface area contributed by atoms with Gasteiger partial charge >= 0.3 is 114 Å². The summed E-state index contributed by atoms with van der Waals surface area (Å²) in [4.78, 5) is 6.16. The van der Waals surface area contributed by atoms with Crippen molar-refractivity contribution < 1.29 is 19.1 Å². The predicted molar refractivity (Wildman–Crippen MR) is 220 cm³/mol. The number of hydrogen-bond acceptors (Lipinski definition) is 0. The smallest absolute Gasteiger partial charge is 0.207 e. The summed E-state index contributed by atoms with van der Waals surface area (Å²) < 4.78 is 1.42. The number of hydrogen-bond donors (Lipinski definition) is 0. The van der Waals surface area contributed by atoms with E-state index in [9.17, 15) is 5.53 Å². The summed E-state index contributed by atoms with van der Waals surface area (Å²) in [5.74, 6) is 6.35. The Kier molecular flexibility index (Phi) is 24.9. The van der Waals surface area contributed by atoms with E-state index in [2.05, 4.69) is 112 Å². The molecule has 0 radical (unpaired) electrons. The van der Waals surface area contributed by atoms with Crippen LogP contribution in [0.15, 0.2) is 48.6 Å². The van der Waals surface area contributed by atoms with Gasteiger partial charge in [-0.05, 0) is 97.9 Å². The molecule has 51 heavy (non-hydrogen) atoms. The topological polar surface area (TPSA) is 25.3 Å². The van der Waals surface area contributed by atoms with E-state index in [1.807, 2.05) is 0 Å². The standard InChI is InChI=1S/C32H44N2.2C8H13.Ni/c1-5-9-13-25-19-26(14-10-6-2)22-29(21-25)31-17-18-32(34(31)33)30-23-27(15-11-7-3)20-28(24-30)16-12-8-4;2*1-3-5-7-8-6-4-2;/h17-24H,5-16H2,1-4H3;2*3,5-8H2,1H3;. The van der Waals surface area contributed by atoms with Gasteiger partial charge in [-0.2, -0.15) is 0 Å². The van der Waals surface area contributed by atoms with Crippen LogP contribution < -0.4 is 0 Å². The monoisotopic (exact) mass is 732 g/mol. The number of allylic oxidation sites excluding steroid dienone is 2. The Bertz CT molecular complexity index is 1310. The quantitative estimate of drug-likeness (QED) is 0.0498. The zero-order chi connectivity index (χ0) is 36.9. The fourth-order valence-electron chi connectivity index (χ4n) is 6.22. The molecule has 0 aromatic heterocycles. The molecule has 2 nitrogen and oxygen atoms in total. The number of rotatable bonds is 22. The van der Waals surface area contributed by atoms with Crippen molar-refractivity contribution in [3.8, 4) is 21.6 Å². The zero-order valence-electron chi connectivity index (χ0n) is 33.4. The number of aryl methyl sites for hydroxylation is 4. The molecule has 0 aliphatic carbocycles. The molecule has 282 valence electrons. The van der Waals surface area contributed by atoms with Crippen LogP contribution in [0.3, 0.4) is 0 Å². The Hall–Kier alpha value is -2.87. The van der Waals surface area contributed by atoms with Gasteiger partial charge in [0.1, 0.15) is 0 Å². The Balaban J connectivity index is 0.000000449. The maximum atomic E-state index is 11.3. The van der Waals surface area contributed by atoms with E-state index in [1.54, 1.807) is 0 Å². The third kappa shape index (κ3) is 18.5. The van der Waals surface area contributed by atoms with Crippen LogP contribution in [-0.2, 0) is 40.1 Å². The molecular formula is C48H70N2Ni. The van der Waals surface area contributed by atoms with Crippen LogP contribution in [0.5, 0.6) is 0 Å². The first-order valence-corrected chi connectivity index (χ1v) is 21.7. The maximum absolute atomic E-state index is 11.3. The van der Waals surface area contributed by atoms with E-state index in [1.165, 1.54) is 144 Å². The maximum Gasteiger partial charge on any atom is 0.207 e. The van der Waals surface area contributed by atoms with Gasteiger partial charge in [0, 0.05) is 23.3 Å². The van der Waals surface area contributed by atoms with Gasteiger partial charge in [-0.25, -0.2) is 4.70 Å². The van der Waals surface area contributed by atoms with Crippen LogP contribution in [0.1, 0.15) is 190 Å². The molecule has 3 heteroatoms. The molecule has 0 spiro atoms. The third-order valence-electron chi connectivity index (χ3n) is 9.33. The third-order valence-corrected chi connectivity index (χ3v) is 9.93. The van der Waals surface area contributed by atoms with E-state index >= 15 is 0 Å². The first-order valence-electron chi connectivity index (χ1n) is 20.7. The minimum Gasteiger partial charge on any atom is -0.493 e. The summed E-state index contributed by atoms with van der Waals surface area (Å²) in [5.41, 5.74) is 20.9. The van der Waals surface area contributed by atoms with Gasteiger partial charge in [-0.3, -0.25) is 0 Å². The van der Waals surface area contributed by atoms with Crippen LogP contribution in [0, 0.1) is 21.6 Å². The fraction of sp³-hybridized carbons (Fsp3) is 0.583. The Morgan fingerprint density at radius 2 is 0.784 bits per heavy atom. The minimum atomic E-state index is 0.889. The van der Waals surface area contributed by atoms with E-state index in [-0.39, 0.29) is 0 Å². The molecular weight excluding hydrogens is 663 g/mol. The van der Waals surface area contributed by atoms with Gasteiger partial charge in [0.05, 0.1) is 0 Å². The molecule has 0 unspecified atom stereocenters. The van der Waals surface area contributed by atoms with E-state index < -0.39 is 0 Å². The number of unbranched alkanes of at least 4 members (excludes halogenated alkanes) is 12. The van der Waals surface area contributed by atoms with Crippen LogP contribution in [-0.4, -0.2) is 4.70 Å². The molecule has 0 saturated heterocycles. The summed E-state index contributed by atoms with van der Waals surface area (Å²) in [7, 11) is 0. The van der Waals surface area contributed by atoms with E-state index in [0.29, 0.717) is 0 Å². The van der Waals surface area contributed by atoms with Gasteiger partial charge in [-0.15, -0.1) is 0 Å². The molecule has 0 saturated carbocycles. The summed E-state index contributed by atoms with van der Waals surface area (Å²) in [5, 5.41) is 0. The van der Waals surface area contributed by atoms with Crippen LogP contribution in [0.4, 0.5) is 0 Å². The van der Waals surface area contributed by atoms with Crippen molar-refractivity contribution in [2.75, 3.05) is 0 Å². The average Bonchev–Trinajstić information content (AvgIpc) is 3.54. The molecule has 0 fully saturated rings. The second-order valence-electron chi connectivity index (χ2n) is 14.1. The second-order valence-corrected chi connectivity index (χ2v) is 14.9. The summed E-state index contributed by atoms with van der Waals surface area (Å²) in [6.07, 6.45) is 30.7. The molecule has 1 aliphatic heterocycles. The minimum absolute atomic E-state index is 0.889. The zero-order valence-corrected chi connectivity index (χ0v) is 34.4. The van der Waals surface area contributed by atoms with Gasteiger partial charge in [0.2, 0.25) is 11.4 Å². The molecule has 0 bridgehead atoms. The molecule has 1 heterocycles. The van der Waals surface area contributed by atoms with Crippen molar-refractivity contribution >= 4 is 11.4 Å². The summed E-state index contributed by atoms with van der Waals surface area (Å²) >= 11 is 1.29. The molecule has 2 aromatic rings. The first kappa shape index (κ1) is 44.3. The summed E-state index contributed by atoms with van der Waals surface area (Å²) in [6, 6.07) is 13.9. The van der Waals surface area contributed by atoms with E-state index in [0.717, 1.165) is 61.0 Å². The molecule has 1 aliphatic rings. The first-order chi connectivity index (χ1) is 25.0. The van der Waals surface area contributed by atoms with Crippen LogP contribution >= 0.6 is 0 Å². The van der Waals surface area contributed by atoms with Crippen LogP contribution in [0.2, 0.25) is 0 Å². The van der Waals surface area contributed by atoms with Crippen molar-refractivity contribution in [3.05, 3.63) is 87.5 Å². The average molecular weight is 734 g/mol. The largest absolute Gasteiger partial charge is 0.493 e. The van der Waals surface area contributed by atoms with Crippen molar-refractivity contribution in [1.82, 2.24) is 0 Å². The molecule has 3 rings (SSSR count). The van der Waals surface area contributed by atoms with Crippen molar-refractivity contribution in [1.29, 1.82) is 0 Å².